The molecule has 4 heteroatoms. The van der Waals surface area contributed by atoms with Crippen LogP contribution in [0.4, 0.5) is 0 Å². The van der Waals surface area contributed by atoms with Gasteiger partial charge in [0.05, 0.1) is 39.6 Å². The first-order valence-electron chi connectivity index (χ1n) is 19.9. The highest BCUT2D eigenvalue weighted by molar-refractivity contribution is 6.24. The molecular weight excluding hydrogens is 717 g/mol. The average Bonchev–Trinajstić information content (AvgIpc) is 3.62. The number of hydrogen-bond acceptors (Lipinski definition) is 3. The van der Waals surface area contributed by atoms with Crippen molar-refractivity contribution in [2.24, 2.45) is 0 Å². The van der Waals surface area contributed by atoms with Crippen LogP contribution in [-0.4, -0.2) is 14.5 Å². The van der Waals surface area contributed by atoms with E-state index in [0.717, 1.165) is 60.8 Å². The average molecular weight is 749 g/mol. The molecule has 2 aromatic heterocycles. The summed E-state index contributed by atoms with van der Waals surface area (Å²) in [5.74, 6) is 0.648. The predicted octanol–water partition coefficient (Wildman–Crippen LogP) is 14.2. The zero-order chi connectivity index (χ0) is 39.0. The number of hydrogen-bond donors (Lipinski definition) is 0. The van der Waals surface area contributed by atoms with E-state index >= 15 is 0 Å². The van der Waals surface area contributed by atoms with E-state index in [0.29, 0.717) is 11.4 Å². The third-order valence-electron chi connectivity index (χ3n) is 12.0. The highest BCUT2D eigenvalue weighted by atomic mass is 15.0. The molecular formula is C55H32N4. The molecule has 0 radical (unpaired) electrons. The lowest BCUT2D eigenvalue weighted by atomic mass is 9.97. The van der Waals surface area contributed by atoms with Crippen LogP contribution in [0.15, 0.2) is 194 Å². The van der Waals surface area contributed by atoms with E-state index in [4.69, 9.17) is 9.97 Å². The summed E-state index contributed by atoms with van der Waals surface area (Å²) < 4.78 is 2.44. The lowest BCUT2D eigenvalue weighted by molar-refractivity contribution is 1.19. The Balaban J connectivity index is 1.11. The molecule has 12 rings (SSSR count). The molecule has 12 aromatic rings. The second-order valence-corrected chi connectivity index (χ2v) is 15.3. The molecule has 272 valence electrons. The van der Waals surface area contributed by atoms with Crippen molar-refractivity contribution in [2.45, 2.75) is 0 Å². The molecule has 59 heavy (non-hydrogen) atoms. The maximum Gasteiger partial charge on any atom is 0.161 e. The van der Waals surface area contributed by atoms with Crippen molar-refractivity contribution < 1.29 is 0 Å². The van der Waals surface area contributed by atoms with Gasteiger partial charge in [0.15, 0.2) is 5.82 Å². The lowest BCUT2D eigenvalue weighted by Gasteiger charge is -2.16. The largest absolute Gasteiger partial charge is 0.309 e. The van der Waals surface area contributed by atoms with Gasteiger partial charge in [-0.2, -0.15) is 5.26 Å². The second-order valence-electron chi connectivity index (χ2n) is 15.3. The number of nitriles is 1. The summed E-state index contributed by atoms with van der Waals surface area (Å²) >= 11 is 0. The first-order chi connectivity index (χ1) is 29.2. The van der Waals surface area contributed by atoms with Gasteiger partial charge in [0.1, 0.15) is 0 Å². The van der Waals surface area contributed by atoms with Crippen molar-refractivity contribution in [1.82, 2.24) is 14.5 Å². The molecule has 0 spiro atoms. The van der Waals surface area contributed by atoms with E-state index in [1.807, 2.05) is 24.3 Å². The summed E-state index contributed by atoms with van der Waals surface area (Å²) in [6.45, 7) is 0. The van der Waals surface area contributed by atoms with Crippen molar-refractivity contribution in [2.75, 3.05) is 0 Å². The van der Waals surface area contributed by atoms with Crippen LogP contribution in [0.3, 0.4) is 0 Å². The molecule has 0 unspecified atom stereocenters. The van der Waals surface area contributed by atoms with Crippen LogP contribution in [0.2, 0.25) is 0 Å². The van der Waals surface area contributed by atoms with Gasteiger partial charge in [-0.3, -0.25) is 0 Å². The second kappa shape index (κ2) is 13.0. The summed E-state index contributed by atoms with van der Waals surface area (Å²) in [5.41, 5.74) is 9.83. The smallest absolute Gasteiger partial charge is 0.161 e. The van der Waals surface area contributed by atoms with Crippen LogP contribution in [0.25, 0.3) is 115 Å². The Hall–Kier alpha value is -8.13. The molecule has 0 aliphatic carbocycles. The van der Waals surface area contributed by atoms with Crippen LogP contribution in [0.5, 0.6) is 0 Å². The third-order valence-corrected chi connectivity index (χ3v) is 12.0. The van der Waals surface area contributed by atoms with Gasteiger partial charge in [0.2, 0.25) is 0 Å². The Morgan fingerprint density at radius 2 is 1.03 bits per heavy atom. The van der Waals surface area contributed by atoms with Gasteiger partial charge in [-0.05, 0) is 109 Å². The van der Waals surface area contributed by atoms with Crippen LogP contribution in [0.1, 0.15) is 5.56 Å². The molecule has 0 saturated carbocycles. The minimum atomic E-state index is 0.610. The maximum atomic E-state index is 9.59. The van der Waals surface area contributed by atoms with Crippen molar-refractivity contribution in [3.8, 4) is 45.5 Å². The predicted molar refractivity (Wildman–Crippen MR) is 245 cm³/mol. The Kier molecular flexibility index (Phi) is 7.26. The van der Waals surface area contributed by atoms with Gasteiger partial charge in [0.25, 0.3) is 0 Å². The zero-order valence-electron chi connectivity index (χ0n) is 31.8. The number of benzene rings is 10. The van der Waals surface area contributed by atoms with Crippen LogP contribution >= 0.6 is 0 Å². The zero-order valence-corrected chi connectivity index (χ0v) is 31.8. The van der Waals surface area contributed by atoms with Gasteiger partial charge in [-0.25, -0.2) is 9.97 Å². The summed E-state index contributed by atoms with van der Waals surface area (Å²) in [5, 5.41) is 22.5. The topological polar surface area (TPSA) is 54.5 Å². The molecule has 0 aliphatic rings. The molecule has 0 saturated heterocycles. The monoisotopic (exact) mass is 748 g/mol. The SMILES string of the molecule is N#Cc1ccc(-c2nc(-c3ccc(-n4c5cc6ccccc6cc5c5c6ccccc6ccc54)c4ccccc34)nc3cc(-c4ccc5ccccc5c4)ccc23)cc1. The minimum Gasteiger partial charge on any atom is -0.309 e. The first-order valence-corrected chi connectivity index (χ1v) is 19.9. The van der Waals surface area contributed by atoms with Crippen LogP contribution in [-0.2, 0) is 0 Å². The standard InChI is InChI=1S/C55H32N4/c56-33-34-17-19-37(20-18-34)54-47-25-23-42(41-22-21-35-9-1-2-11-38(35)29-41)31-49(47)57-55(58-54)46-26-28-50(45-16-8-7-15-44(45)46)59-51-27-24-36-10-5-6-14-43(36)53(51)48-30-39-12-3-4-13-40(39)32-52(48)59/h1-32H. The van der Waals surface area contributed by atoms with Gasteiger partial charge in [-0.1, -0.05) is 133 Å². The first kappa shape index (κ1) is 33.1. The molecule has 0 atom stereocenters. The van der Waals surface area contributed by atoms with E-state index < -0.39 is 0 Å². The van der Waals surface area contributed by atoms with Crippen molar-refractivity contribution in [3.05, 3.63) is 200 Å². The Morgan fingerprint density at radius 1 is 0.407 bits per heavy atom. The fourth-order valence-electron chi connectivity index (χ4n) is 9.13. The number of aromatic nitrogens is 3. The highest BCUT2D eigenvalue weighted by Gasteiger charge is 2.20. The van der Waals surface area contributed by atoms with Gasteiger partial charge in [0, 0.05) is 32.7 Å². The Morgan fingerprint density at radius 3 is 1.83 bits per heavy atom. The van der Waals surface area contributed by atoms with Crippen LogP contribution in [0, 0.1) is 11.3 Å². The molecule has 0 N–H and O–H groups in total. The number of fused-ring (bicyclic) bond motifs is 9. The summed E-state index contributed by atoms with van der Waals surface area (Å²) in [6, 6.07) is 71.0. The normalized spacial score (nSPS) is 11.7. The molecule has 0 amide bonds. The fraction of sp³-hybridized carbons (Fsp3) is 0. The summed E-state index contributed by atoms with van der Waals surface area (Å²) in [4.78, 5) is 10.7. The summed E-state index contributed by atoms with van der Waals surface area (Å²) in [6.07, 6.45) is 0. The molecule has 2 heterocycles. The molecule has 0 fully saturated rings. The molecule has 0 aliphatic heterocycles. The van der Waals surface area contributed by atoms with Gasteiger partial charge < -0.3 is 4.57 Å². The van der Waals surface area contributed by atoms with E-state index in [2.05, 4.69) is 180 Å². The minimum absolute atomic E-state index is 0.610. The quantitative estimate of drug-likeness (QED) is 0.180. The number of nitrogens with zero attached hydrogens (tertiary/aromatic N) is 4. The lowest BCUT2D eigenvalue weighted by Crippen LogP contribution is -1.99. The van der Waals surface area contributed by atoms with E-state index in [1.54, 1.807) is 0 Å². The summed E-state index contributed by atoms with van der Waals surface area (Å²) in [7, 11) is 0. The van der Waals surface area contributed by atoms with Gasteiger partial charge >= 0.3 is 0 Å². The fourth-order valence-corrected chi connectivity index (χ4v) is 9.13. The Labute approximate surface area is 339 Å². The van der Waals surface area contributed by atoms with Crippen molar-refractivity contribution in [1.29, 1.82) is 5.26 Å². The van der Waals surface area contributed by atoms with Gasteiger partial charge in [-0.15, -0.1) is 0 Å². The molecule has 0 bridgehead atoms. The van der Waals surface area contributed by atoms with E-state index in [1.165, 1.54) is 48.6 Å². The van der Waals surface area contributed by atoms with Crippen molar-refractivity contribution in [3.63, 3.8) is 0 Å². The molecule has 10 aromatic carbocycles. The number of rotatable bonds is 4. The van der Waals surface area contributed by atoms with E-state index in [9.17, 15) is 5.26 Å². The third kappa shape index (κ3) is 5.23. The van der Waals surface area contributed by atoms with Crippen LogP contribution < -0.4 is 0 Å². The maximum absolute atomic E-state index is 9.59. The van der Waals surface area contributed by atoms with Crippen molar-refractivity contribution >= 4 is 75.8 Å². The molecule has 4 nitrogen and oxygen atoms in total. The Bertz CT molecular complexity index is 3740. The highest BCUT2D eigenvalue weighted by Crippen LogP contribution is 2.42. The van der Waals surface area contributed by atoms with E-state index in [-0.39, 0.29) is 0 Å².